The number of hydrogen-bond donors (Lipinski definition) is 2. The van der Waals surface area contributed by atoms with Gasteiger partial charge in [-0.05, 0) is 48.9 Å². The summed E-state index contributed by atoms with van der Waals surface area (Å²) in [5.41, 5.74) is 2.10. The van der Waals surface area contributed by atoms with Crippen molar-refractivity contribution in [2.45, 2.75) is 13.5 Å². The van der Waals surface area contributed by atoms with Gasteiger partial charge in [-0.1, -0.05) is 12.1 Å². The molecule has 0 fully saturated rings. The Morgan fingerprint density at radius 2 is 1.68 bits per heavy atom. The van der Waals surface area contributed by atoms with Crippen molar-refractivity contribution in [2.24, 2.45) is 0 Å². The molecule has 9 heteroatoms. The zero-order valence-corrected chi connectivity index (χ0v) is 16.7. The van der Waals surface area contributed by atoms with Crippen molar-refractivity contribution in [1.82, 2.24) is 15.3 Å². The van der Waals surface area contributed by atoms with Crippen LogP contribution >= 0.6 is 0 Å². The van der Waals surface area contributed by atoms with Crippen LogP contribution in [-0.2, 0) is 11.3 Å². The first-order valence-corrected chi connectivity index (χ1v) is 9.44. The molecule has 1 heterocycles. The van der Waals surface area contributed by atoms with Crippen molar-refractivity contribution in [3.63, 3.8) is 0 Å². The summed E-state index contributed by atoms with van der Waals surface area (Å²) >= 11 is 0. The highest BCUT2D eigenvalue weighted by Crippen LogP contribution is 2.15. The third kappa shape index (κ3) is 6.36. The zero-order chi connectivity index (χ0) is 22.1. The number of nitrogens with one attached hydrogen (secondary N) is 2. The number of benzene rings is 2. The molecule has 0 atom stereocenters. The number of carbonyl (C=O) groups is 3. The fourth-order valence-electron chi connectivity index (χ4n) is 2.52. The molecule has 3 aromatic rings. The fourth-order valence-corrected chi connectivity index (χ4v) is 2.52. The molecule has 0 saturated heterocycles. The fraction of sp³-hybridized carbons (Fsp3) is 0.136. The summed E-state index contributed by atoms with van der Waals surface area (Å²) in [4.78, 5) is 43.5. The summed E-state index contributed by atoms with van der Waals surface area (Å²) in [6.07, 6.45) is 3.54. The summed E-state index contributed by atoms with van der Waals surface area (Å²) in [6.45, 7) is 2.20. The van der Waals surface area contributed by atoms with Gasteiger partial charge in [-0.2, -0.15) is 0 Å². The molecule has 9 nitrogen and oxygen atoms in total. The smallest absolute Gasteiger partial charge is 0.434 e. The Bertz CT molecular complexity index is 1040. The second-order valence-corrected chi connectivity index (χ2v) is 6.23. The third-order valence-electron chi connectivity index (χ3n) is 4.04. The minimum atomic E-state index is -0.798. The number of carbonyl (C=O) groups excluding carboxylic acids is 3. The molecule has 0 radical (unpaired) electrons. The van der Waals surface area contributed by atoms with Gasteiger partial charge in [0.1, 0.15) is 11.4 Å². The van der Waals surface area contributed by atoms with E-state index < -0.39 is 6.16 Å². The zero-order valence-electron chi connectivity index (χ0n) is 16.7. The van der Waals surface area contributed by atoms with Crippen LogP contribution in [0.25, 0.3) is 0 Å². The van der Waals surface area contributed by atoms with Gasteiger partial charge in [0, 0.05) is 30.2 Å². The molecule has 0 spiro atoms. The first-order chi connectivity index (χ1) is 15.0. The molecule has 0 saturated carbocycles. The Morgan fingerprint density at radius 3 is 2.32 bits per heavy atom. The molecule has 0 bridgehead atoms. The maximum atomic E-state index is 12.4. The normalized spacial score (nSPS) is 10.1. The second kappa shape index (κ2) is 10.5. The molecular weight excluding hydrogens is 400 g/mol. The second-order valence-electron chi connectivity index (χ2n) is 6.23. The Balaban J connectivity index is 1.51. The SMILES string of the molecule is CCOC(=O)Oc1ccc(C(=O)Nc2ccc(CNC(=O)c3cnccn3)cc2)cc1. The van der Waals surface area contributed by atoms with Crippen LogP contribution in [0.1, 0.15) is 33.3 Å². The van der Waals surface area contributed by atoms with Crippen LogP contribution in [0.2, 0.25) is 0 Å². The van der Waals surface area contributed by atoms with E-state index in [1.165, 1.54) is 30.7 Å². The molecule has 31 heavy (non-hydrogen) atoms. The van der Waals surface area contributed by atoms with Gasteiger partial charge < -0.3 is 20.1 Å². The number of hydrogen-bond acceptors (Lipinski definition) is 7. The van der Waals surface area contributed by atoms with Crippen molar-refractivity contribution in [2.75, 3.05) is 11.9 Å². The van der Waals surface area contributed by atoms with Crippen molar-refractivity contribution in [1.29, 1.82) is 0 Å². The molecule has 2 amide bonds. The van der Waals surface area contributed by atoms with E-state index in [1.807, 2.05) is 0 Å². The molecule has 0 unspecified atom stereocenters. The summed E-state index contributed by atoms with van der Waals surface area (Å²) in [5.74, 6) is -0.352. The van der Waals surface area contributed by atoms with E-state index in [1.54, 1.807) is 43.3 Å². The number of ether oxygens (including phenoxy) is 2. The van der Waals surface area contributed by atoms with Crippen LogP contribution in [0.15, 0.2) is 67.1 Å². The van der Waals surface area contributed by atoms with Crippen molar-refractivity contribution in [3.05, 3.63) is 83.9 Å². The molecule has 2 aromatic carbocycles. The van der Waals surface area contributed by atoms with Crippen LogP contribution in [0, 0.1) is 0 Å². The monoisotopic (exact) mass is 420 g/mol. The van der Waals surface area contributed by atoms with Crippen LogP contribution < -0.4 is 15.4 Å². The maximum Gasteiger partial charge on any atom is 0.513 e. The predicted molar refractivity (Wildman–Crippen MR) is 112 cm³/mol. The van der Waals surface area contributed by atoms with Gasteiger partial charge in [-0.15, -0.1) is 0 Å². The Kier molecular flexibility index (Phi) is 7.26. The van der Waals surface area contributed by atoms with Gasteiger partial charge in [0.05, 0.1) is 12.8 Å². The molecule has 3 rings (SSSR count). The minimum Gasteiger partial charge on any atom is -0.434 e. The lowest BCUT2D eigenvalue weighted by Gasteiger charge is -2.08. The first-order valence-electron chi connectivity index (χ1n) is 9.44. The Hall–Kier alpha value is -4.27. The van der Waals surface area contributed by atoms with Gasteiger partial charge in [0.15, 0.2) is 0 Å². The number of anilines is 1. The van der Waals surface area contributed by atoms with E-state index in [-0.39, 0.29) is 29.9 Å². The minimum absolute atomic E-state index is 0.214. The quantitative estimate of drug-likeness (QED) is 0.445. The average Bonchev–Trinajstić information content (AvgIpc) is 2.79. The third-order valence-corrected chi connectivity index (χ3v) is 4.04. The molecule has 2 N–H and O–H groups in total. The topological polar surface area (TPSA) is 120 Å². The highest BCUT2D eigenvalue weighted by molar-refractivity contribution is 6.04. The van der Waals surface area contributed by atoms with Gasteiger partial charge in [0.2, 0.25) is 0 Å². The Labute approximate surface area is 178 Å². The van der Waals surface area contributed by atoms with E-state index >= 15 is 0 Å². The van der Waals surface area contributed by atoms with E-state index in [0.29, 0.717) is 17.8 Å². The van der Waals surface area contributed by atoms with Crippen LogP contribution in [0.3, 0.4) is 0 Å². The van der Waals surface area contributed by atoms with E-state index in [0.717, 1.165) is 5.56 Å². The molecule has 0 aliphatic heterocycles. The lowest BCUT2D eigenvalue weighted by Crippen LogP contribution is -2.23. The van der Waals surface area contributed by atoms with Crippen LogP contribution in [0.5, 0.6) is 5.75 Å². The van der Waals surface area contributed by atoms with Gasteiger partial charge in [0.25, 0.3) is 11.8 Å². The van der Waals surface area contributed by atoms with Crippen molar-refractivity contribution < 1.29 is 23.9 Å². The Morgan fingerprint density at radius 1 is 0.935 bits per heavy atom. The average molecular weight is 420 g/mol. The van der Waals surface area contributed by atoms with Gasteiger partial charge in [-0.3, -0.25) is 14.6 Å². The lowest BCUT2D eigenvalue weighted by atomic mass is 10.1. The highest BCUT2D eigenvalue weighted by atomic mass is 16.7. The molecule has 0 aliphatic carbocycles. The molecule has 1 aromatic heterocycles. The molecule has 0 aliphatic rings. The molecular formula is C22H20N4O5. The van der Waals surface area contributed by atoms with Gasteiger partial charge >= 0.3 is 6.16 Å². The van der Waals surface area contributed by atoms with E-state index in [2.05, 4.69) is 20.6 Å². The summed E-state index contributed by atoms with van der Waals surface area (Å²) in [5, 5.41) is 5.53. The summed E-state index contributed by atoms with van der Waals surface area (Å²) in [6, 6.07) is 13.2. The largest absolute Gasteiger partial charge is 0.513 e. The van der Waals surface area contributed by atoms with Crippen molar-refractivity contribution in [3.8, 4) is 5.75 Å². The van der Waals surface area contributed by atoms with Gasteiger partial charge in [-0.25, -0.2) is 9.78 Å². The van der Waals surface area contributed by atoms with Crippen molar-refractivity contribution >= 4 is 23.7 Å². The number of amides is 2. The summed E-state index contributed by atoms with van der Waals surface area (Å²) in [7, 11) is 0. The number of nitrogens with zero attached hydrogens (tertiary/aromatic N) is 2. The maximum absolute atomic E-state index is 12.4. The van der Waals surface area contributed by atoms with Crippen LogP contribution in [0.4, 0.5) is 10.5 Å². The summed E-state index contributed by atoms with van der Waals surface area (Å²) < 4.78 is 9.65. The number of aromatic nitrogens is 2. The van der Waals surface area contributed by atoms with E-state index in [4.69, 9.17) is 9.47 Å². The first kappa shape index (κ1) is 21.4. The predicted octanol–water partition coefficient (Wildman–Crippen LogP) is 3.19. The van der Waals surface area contributed by atoms with E-state index in [9.17, 15) is 14.4 Å². The number of rotatable bonds is 7. The van der Waals surface area contributed by atoms with Crippen LogP contribution in [-0.4, -0.2) is 34.5 Å². The highest BCUT2D eigenvalue weighted by Gasteiger charge is 2.10. The standard InChI is InChI=1S/C22H20N4O5/c1-2-30-22(29)31-18-9-5-16(6-10-18)20(27)26-17-7-3-15(4-8-17)13-25-21(28)19-14-23-11-12-24-19/h3-12,14H,2,13H2,1H3,(H,25,28)(H,26,27). The molecule has 158 valence electrons. The lowest BCUT2D eigenvalue weighted by molar-refractivity contribution is 0.0944.